The standard InChI is InChI=1S/C22H26FN3O2/c1-16-6-5-9-20(17(16)2)25-12-14-26(15-13-25)22(28)21(27)24-11-10-18-7-3-4-8-19(18)23/h3-9H,10-15H2,1-2H3,(H,24,27). The Balaban J connectivity index is 1.48. The van der Waals surface area contributed by atoms with Gasteiger partial charge in [0.15, 0.2) is 0 Å². The van der Waals surface area contributed by atoms with E-state index in [0.29, 0.717) is 38.2 Å². The smallest absolute Gasteiger partial charge is 0.312 e. The van der Waals surface area contributed by atoms with E-state index < -0.39 is 11.8 Å². The van der Waals surface area contributed by atoms with Gasteiger partial charge in [0.05, 0.1) is 0 Å². The van der Waals surface area contributed by atoms with Crippen LogP contribution < -0.4 is 10.2 Å². The SMILES string of the molecule is Cc1cccc(N2CCN(C(=O)C(=O)NCCc3ccccc3F)CC2)c1C. The van der Waals surface area contributed by atoms with Crippen LogP contribution in [0.25, 0.3) is 0 Å². The van der Waals surface area contributed by atoms with E-state index in [9.17, 15) is 14.0 Å². The van der Waals surface area contributed by atoms with Gasteiger partial charge in [-0.3, -0.25) is 9.59 Å². The molecule has 0 aromatic heterocycles. The van der Waals surface area contributed by atoms with E-state index in [2.05, 4.69) is 36.2 Å². The van der Waals surface area contributed by atoms with Crippen molar-refractivity contribution < 1.29 is 14.0 Å². The maximum atomic E-state index is 13.6. The van der Waals surface area contributed by atoms with Crippen LogP contribution in [-0.4, -0.2) is 49.4 Å². The van der Waals surface area contributed by atoms with Crippen LogP contribution in [0.5, 0.6) is 0 Å². The van der Waals surface area contributed by atoms with Gasteiger partial charge in [0, 0.05) is 38.4 Å². The number of aryl methyl sites for hydroxylation is 1. The van der Waals surface area contributed by atoms with Crippen molar-refractivity contribution in [1.82, 2.24) is 10.2 Å². The average Bonchev–Trinajstić information content (AvgIpc) is 2.71. The van der Waals surface area contributed by atoms with Crippen LogP contribution in [0.3, 0.4) is 0 Å². The molecule has 0 radical (unpaired) electrons. The summed E-state index contributed by atoms with van der Waals surface area (Å²) in [5, 5.41) is 2.60. The van der Waals surface area contributed by atoms with E-state index in [1.54, 1.807) is 23.1 Å². The molecule has 0 saturated carbocycles. The molecule has 5 nitrogen and oxygen atoms in total. The lowest BCUT2D eigenvalue weighted by atomic mass is 10.1. The van der Waals surface area contributed by atoms with E-state index in [0.717, 1.165) is 0 Å². The number of nitrogens with one attached hydrogen (secondary N) is 1. The molecule has 0 spiro atoms. The van der Waals surface area contributed by atoms with Crippen LogP contribution in [0.15, 0.2) is 42.5 Å². The fourth-order valence-corrected chi connectivity index (χ4v) is 3.46. The van der Waals surface area contributed by atoms with Crippen molar-refractivity contribution in [3.05, 3.63) is 65.0 Å². The number of hydrogen-bond donors (Lipinski definition) is 1. The summed E-state index contributed by atoms with van der Waals surface area (Å²) in [6.07, 6.45) is 0.353. The number of piperazine rings is 1. The summed E-state index contributed by atoms with van der Waals surface area (Å²) in [6.45, 7) is 6.82. The number of anilines is 1. The molecule has 1 fully saturated rings. The van der Waals surface area contributed by atoms with E-state index >= 15 is 0 Å². The largest absolute Gasteiger partial charge is 0.368 e. The third-order valence-electron chi connectivity index (χ3n) is 5.32. The van der Waals surface area contributed by atoms with Gasteiger partial charge in [-0.1, -0.05) is 30.3 Å². The van der Waals surface area contributed by atoms with Gasteiger partial charge in [-0.05, 0) is 49.1 Å². The van der Waals surface area contributed by atoms with Crippen molar-refractivity contribution in [2.45, 2.75) is 20.3 Å². The summed E-state index contributed by atoms with van der Waals surface area (Å²) in [6, 6.07) is 12.7. The first-order valence-corrected chi connectivity index (χ1v) is 9.59. The highest BCUT2D eigenvalue weighted by Gasteiger charge is 2.26. The molecule has 2 aromatic rings. The Bertz CT molecular complexity index is 861. The molecule has 1 aliphatic rings. The Kier molecular flexibility index (Phi) is 6.29. The normalized spacial score (nSPS) is 14.1. The number of amides is 2. The van der Waals surface area contributed by atoms with Gasteiger partial charge in [0.1, 0.15) is 5.82 Å². The molecular formula is C22H26FN3O2. The molecule has 1 saturated heterocycles. The van der Waals surface area contributed by atoms with E-state index in [4.69, 9.17) is 0 Å². The third kappa shape index (κ3) is 4.50. The minimum atomic E-state index is -0.628. The molecule has 148 valence electrons. The molecule has 3 rings (SSSR count). The predicted octanol–water partition coefficient (Wildman–Crippen LogP) is 2.45. The lowest BCUT2D eigenvalue weighted by Crippen LogP contribution is -2.53. The highest BCUT2D eigenvalue weighted by Crippen LogP contribution is 2.23. The van der Waals surface area contributed by atoms with Crippen LogP contribution >= 0.6 is 0 Å². The van der Waals surface area contributed by atoms with Crippen molar-refractivity contribution in [2.75, 3.05) is 37.6 Å². The maximum Gasteiger partial charge on any atom is 0.312 e. The number of halogens is 1. The molecule has 1 N–H and O–H groups in total. The number of carbonyl (C=O) groups is 2. The van der Waals surface area contributed by atoms with Crippen LogP contribution in [0.4, 0.5) is 10.1 Å². The zero-order chi connectivity index (χ0) is 20.1. The predicted molar refractivity (Wildman–Crippen MR) is 108 cm³/mol. The molecule has 0 bridgehead atoms. The lowest BCUT2D eigenvalue weighted by Gasteiger charge is -2.36. The minimum absolute atomic E-state index is 0.230. The zero-order valence-electron chi connectivity index (χ0n) is 16.4. The van der Waals surface area contributed by atoms with Gasteiger partial charge >= 0.3 is 11.8 Å². The molecular weight excluding hydrogens is 357 g/mol. The van der Waals surface area contributed by atoms with Crippen LogP contribution in [0, 0.1) is 19.7 Å². The van der Waals surface area contributed by atoms with Crippen molar-refractivity contribution in [3.8, 4) is 0 Å². The average molecular weight is 383 g/mol. The van der Waals surface area contributed by atoms with Crippen LogP contribution in [-0.2, 0) is 16.0 Å². The van der Waals surface area contributed by atoms with Gasteiger partial charge in [-0.15, -0.1) is 0 Å². The van der Waals surface area contributed by atoms with Crippen molar-refractivity contribution >= 4 is 17.5 Å². The van der Waals surface area contributed by atoms with E-state index in [1.165, 1.54) is 22.9 Å². The van der Waals surface area contributed by atoms with Gasteiger partial charge in [0.2, 0.25) is 0 Å². The summed E-state index contributed by atoms with van der Waals surface area (Å²) in [5.74, 6) is -1.45. The molecule has 0 aliphatic carbocycles. The minimum Gasteiger partial charge on any atom is -0.368 e. The van der Waals surface area contributed by atoms with Gasteiger partial charge in [-0.2, -0.15) is 0 Å². The third-order valence-corrected chi connectivity index (χ3v) is 5.32. The fourth-order valence-electron chi connectivity index (χ4n) is 3.46. The number of nitrogens with zero attached hydrogens (tertiary/aromatic N) is 2. The van der Waals surface area contributed by atoms with E-state index in [-0.39, 0.29) is 12.4 Å². The van der Waals surface area contributed by atoms with E-state index in [1.807, 2.05) is 6.07 Å². The molecule has 1 heterocycles. The topological polar surface area (TPSA) is 52.7 Å². The second-order valence-electron chi connectivity index (χ2n) is 7.10. The fraction of sp³-hybridized carbons (Fsp3) is 0.364. The van der Waals surface area contributed by atoms with Gasteiger partial charge in [0.25, 0.3) is 0 Å². The second-order valence-corrected chi connectivity index (χ2v) is 7.10. The van der Waals surface area contributed by atoms with Crippen molar-refractivity contribution in [2.24, 2.45) is 0 Å². The summed E-state index contributed by atoms with van der Waals surface area (Å²) in [7, 11) is 0. The summed E-state index contributed by atoms with van der Waals surface area (Å²) in [5.41, 5.74) is 4.19. The molecule has 2 amide bonds. The molecule has 0 unspecified atom stereocenters. The first-order valence-electron chi connectivity index (χ1n) is 9.59. The van der Waals surface area contributed by atoms with Crippen LogP contribution in [0.2, 0.25) is 0 Å². The van der Waals surface area contributed by atoms with Gasteiger partial charge < -0.3 is 15.1 Å². The second kappa shape index (κ2) is 8.87. The molecule has 6 heteroatoms. The Morgan fingerprint density at radius 3 is 2.43 bits per heavy atom. The number of rotatable bonds is 4. The van der Waals surface area contributed by atoms with Crippen molar-refractivity contribution in [3.63, 3.8) is 0 Å². The number of hydrogen-bond acceptors (Lipinski definition) is 3. The quantitative estimate of drug-likeness (QED) is 0.826. The highest BCUT2D eigenvalue weighted by atomic mass is 19.1. The van der Waals surface area contributed by atoms with Gasteiger partial charge in [-0.25, -0.2) is 4.39 Å². The maximum absolute atomic E-state index is 13.6. The monoisotopic (exact) mass is 383 g/mol. The Labute approximate surface area is 165 Å². The highest BCUT2D eigenvalue weighted by molar-refractivity contribution is 6.35. The lowest BCUT2D eigenvalue weighted by molar-refractivity contribution is -0.146. The first-order chi connectivity index (χ1) is 13.5. The number of benzene rings is 2. The Hall–Kier alpha value is -2.89. The van der Waals surface area contributed by atoms with Crippen molar-refractivity contribution in [1.29, 1.82) is 0 Å². The van der Waals surface area contributed by atoms with Crippen LogP contribution in [0.1, 0.15) is 16.7 Å². The molecule has 0 atom stereocenters. The Morgan fingerprint density at radius 2 is 1.71 bits per heavy atom. The Morgan fingerprint density at radius 1 is 1.00 bits per heavy atom. The number of carbonyl (C=O) groups excluding carboxylic acids is 2. The summed E-state index contributed by atoms with van der Waals surface area (Å²) < 4.78 is 13.6. The summed E-state index contributed by atoms with van der Waals surface area (Å²) >= 11 is 0. The molecule has 2 aromatic carbocycles. The molecule has 1 aliphatic heterocycles. The first kappa shape index (κ1) is 19.9. The summed E-state index contributed by atoms with van der Waals surface area (Å²) in [4.78, 5) is 28.4. The molecule has 28 heavy (non-hydrogen) atoms. The zero-order valence-corrected chi connectivity index (χ0v) is 16.4.